The summed E-state index contributed by atoms with van der Waals surface area (Å²) >= 11 is 0. The Bertz CT molecular complexity index is 244. The third-order valence-corrected chi connectivity index (χ3v) is 7.89. The Morgan fingerprint density at radius 3 is 1.93 bits per heavy atom. The predicted molar refractivity (Wildman–Crippen MR) is 70.4 cm³/mol. The predicted octanol–water partition coefficient (Wildman–Crippen LogP) is 4.20. The van der Waals surface area contributed by atoms with Crippen molar-refractivity contribution in [2.75, 3.05) is 0 Å². The largest absolute Gasteiger partial charge is 0.401 e. The molecule has 0 spiro atoms. The molecule has 0 bridgehead atoms. The highest BCUT2D eigenvalue weighted by molar-refractivity contribution is 6.74. The first-order valence-electron chi connectivity index (χ1n) is 5.76. The minimum Gasteiger partial charge on any atom is -0.401 e. The Morgan fingerprint density at radius 2 is 1.67 bits per heavy atom. The highest BCUT2D eigenvalue weighted by atomic mass is 28.4. The maximum atomic E-state index is 6.28. The van der Waals surface area contributed by atoms with E-state index < -0.39 is 8.32 Å². The van der Waals surface area contributed by atoms with Crippen LogP contribution in [0.4, 0.5) is 0 Å². The maximum Gasteiger partial charge on any atom is 0.194 e. The van der Waals surface area contributed by atoms with E-state index in [4.69, 9.17) is 10.8 Å². The van der Waals surface area contributed by atoms with Crippen LogP contribution >= 0.6 is 0 Å². The van der Waals surface area contributed by atoms with Crippen LogP contribution in [0.15, 0.2) is 0 Å². The van der Waals surface area contributed by atoms with E-state index in [9.17, 15) is 0 Å². The van der Waals surface area contributed by atoms with E-state index in [0.717, 1.165) is 12.8 Å². The van der Waals surface area contributed by atoms with Crippen molar-refractivity contribution >= 4 is 8.32 Å². The topological polar surface area (TPSA) is 9.23 Å². The zero-order valence-corrected chi connectivity index (χ0v) is 12.4. The molecule has 0 amide bonds. The molecule has 1 nitrogen and oxygen atoms in total. The standard InChI is InChI=1S/C13H26OSi/c1-9-11-13(6,10-2)14-15(7,8)12(3,4)5/h2H,9,11H2,1,3-8H3. The normalized spacial score (nSPS) is 16.9. The van der Waals surface area contributed by atoms with Gasteiger partial charge in [-0.2, -0.15) is 0 Å². The molecule has 0 aliphatic rings. The Hall–Kier alpha value is -0.263. The number of rotatable bonds is 4. The SMILES string of the molecule is C#CC(C)(CCC)O[Si](C)(C)C(C)(C)C. The smallest absolute Gasteiger partial charge is 0.194 e. The van der Waals surface area contributed by atoms with Gasteiger partial charge in [0.15, 0.2) is 8.32 Å². The van der Waals surface area contributed by atoms with Crippen molar-refractivity contribution in [1.82, 2.24) is 0 Å². The third-order valence-electron chi connectivity index (χ3n) is 3.32. The van der Waals surface area contributed by atoms with Gasteiger partial charge in [-0.3, -0.25) is 0 Å². The van der Waals surface area contributed by atoms with E-state index in [0.29, 0.717) is 0 Å². The Morgan fingerprint density at radius 1 is 1.20 bits per heavy atom. The van der Waals surface area contributed by atoms with Gasteiger partial charge in [0.1, 0.15) is 5.60 Å². The fourth-order valence-electron chi connectivity index (χ4n) is 1.35. The van der Waals surface area contributed by atoms with Gasteiger partial charge in [-0.15, -0.1) is 6.42 Å². The minimum atomic E-state index is -1.74. The molecule has 0 saturated heterocycles. The molecule has 1 unspecified atom stereocenters. The van der Waals surface area contributed by atoms with Gasteiger partial charge in [0, 0.05) is 0 Å². The highest BCUT2D eigenvalue weighted by Gasteiger charge is 2.41. The zero-order chi connectivity index (χ0) is 12.3. The molecule has 0 aromatic carbocycles. The molecule has 0 rings (SSSR count). The summed E-state index contributed by atoms with van der Waals surface area (Å²) in [5, 5.41) is 0.221. The number of hydrogen-bond donors (Lipinski definition) is 0. The van der Waals surface area contributed by atoms with Gasteiger partial charge in [-0.05, 0) is 31.5 Å². The fourth-order valence-corrected chi connectivity index (χ4v) is 2.94. The molecule has 1 atom stereocenters. The van der Waals surface area contributed by atoms with Crippen LogP contribution in [0.3, 0.4) is 0 Å². The van der Waals surface area contributed by atoms with E-state index in [1.165, 1.54) is 0 Å². The van der Waals surface area contributed by atoms with Gasteiger partial charge >= 0.3 is 0 Å². The van der Waals surface area contributed by atoms with Crippen molar-refractivity contribution in [2.45, 2.75) is 71.2 Å². The van der Waals surface area contributed by atoms with Crippen LogP contribution < -0.4 is 0 Å². The van der Waals surface area contributed by atoms with Crippen molar-refractivity contribution in [3.05, 3.63) is 0 Å². The number of hydrogen-bond acceptors (Lipinski definition) is 1. The molecular formula is C13H26OSi. The molecule has 0 aliphatic carbocycles. The van der Waals surface area contributed by atoms with Crippen LogP contribution in [-0.2, 0) is 4.43 Å². The maximum absolute atomic E-state index is 6.28. The van der Waals surface area contributed by atoms with Crippen molar-refractivity contribution < 1.29 is 4.43 Å². The minimum absolute atomic E-state index is 0.221. The van der Waals surface area contributed by atoms with Gasteiger partial charge < -0.3 is 4.43 Å². The molecule has 0 radical (unpaired) electrons. The van der Waals surface area contributed by atoms with Crippen molar-refractivity contribution in [1.29, 1.82) is 0 Å². The highest BCUT2D eigenvalue weighted by Crippen LogP contribution is 2.39. The summed E-state index contributed by atoms with van der Waals surface area (Å²) in [4.78, 5) is 0. The summed E-state index contributed by atoms with van der Waals surface area (Å²) in [7, 11) is -1.74. The first kappa shape index (κ1) is 14.7. The summed E-state index contributed by atoms with van der Waals surface area (Å²) in [6, 6.07) is 0. The molecule has 0 fully saturated rings. The van der Waals surface area contributed by atoms with E-state index in [1.54, 1.807) is 0 Å². The van der Waals surface area contributed by atoms with Gasteiger partial charge in [-0.25, -0.2) is 0 Å². The first-order valence-corrected chi connectivity index (χ1v) is 8.67. The van der Waals surface area contributed by atoms with Gasteiger partial charge in [0.25, 0.3) is 0 Å². The Labute approximate surface area is 96.7 Å². The van der Waals surface area contributed by atoms with E-state index in [2.05, 4.69) is 46.7 Å². The van der Waals surface area contributed by atoms with Crippen molar-refractivity contribution in [3.63, 3.8) is 0 Å². The second-order valence-electron chi connectivity index (χ2n) is 5.99. The molecule has 2 heteroatoms. The summed E-state index contributed by atoms with van der Waals surface area (Å²) in [6.07, 6.45) is 7.60. The molecule has 15 heavy (non-hydrogen) atoms. The number of terminal acetylenes is 1. The fraction of sp³-hybridized carbons (Fsp3) is 0.846. The molecular weight excluding hydrogens is 200 g/mol. The van der Waals surface area contributed by atoms with E-state index in [1.807, 2.05) is 6.92 Å². The lowest BCUT2D eigenvalue weighted by Crippen LogP contribution is -2.48. The summed E-state index contributed by atoms with van der Waals surface area (Å²) in [6.45, 7) is 15.4. The third kappa shape index (κ3) is 4.00. The quantitative estimate of drug-likeness (QED) is 0.515. The van der Waals surface area contributed by atoms with Crippen LogP contribution in [0.2, 0.25) is 18.1 Å². The molecule has 0 N–H and O–H groups in total. The van der Waals surface area contributed by atoms with Gasteiger partial charge in [-0.1, -0.05) is 40.0 Å². The van der Waals surface area contributed by atoms with Crippen LogP contribution in [0.25, 0.3) is 0 Å². The second kappa shape index (κ2) is 4.72. The molecule has 88 valence electrons. The van der Waals surface area contributed by atoms with Crippen molar-refractivity contribution in [3.8, 4) is 12.3 Å². The second-order valence-corrected chi connectivity index (χ2v) is 10.7. The lowest BCUT2D eigenvalue weighted by atomic mass is 10.0. The van der Waals surface area contributed by atoms with Crippen LogP contribution in [0, 0.1) is 12.3 Å². The summed E-state index contributed by atoms with van der Waals surface area (Å²) in [5.74, 6) is 2.82. The Balaban J connectivity index is 4.78. The average molecular weight is 226 g/mol. The monoisotopic (exact) mass is 226 g/mol. The van der Waals surface area contributed by atoms with Crippen molar-refractivity contribution in [2.24, 2.45) is 0 Å². The van der Waals surface area contributed by atoms with Crippen LogP contribution in [0.1, 0.15) is 47.5 Å². The van der Waals surface area contributed by atoms with E-state index in [-0.39, 0.29) is 10.6 Å². The molecule has 0 aromatic heterocycles. The average Bonchev–Trinajstić information content (AvgIpc) is 2.01. The van der Waals surface area contributed by atoms with Crippen LogP contribution in [0.5, 0.6) is 0 Å². The zero-order valence-electron chi connectivity index (χ0n) is 11.4. The lowest BCUT2D eigenvalue weighted by molar-refractivity contribution is 0.121. The molecule has 0 saturated carbocycles. The molecule has 0 aliphatic heterocycles. The van der Waals surface area contributed by atoms with Gasteiger partial charge in [0.2, 0.25) is 0 Å². The summed E-state index contributed by atoms with van der Waals surface area (Å²) in [5.41, 5.74) is -0.377. The molecule has 0 heterocycles. The Kier molecular flexibility index (Phi) is 4.63. The van der Waals surface area contributed by atoms with E-state index >= 15 is 0 Å². The first-order chi connectivity index (χ1) is 6.58. The lowest BCUT2D eigenvalue weighted by Gasteiger charge is -2.42. The molecule has 0 aromatic rings. The van der Waals surface area contributed by atoms with Crippen LogP contribution in [-0.4, -0.2) is 13.9 Å². The summed E-state index contributed by atoms with van der Waals surface area (Å²) < 4.78 is 6.28. The van der Waals surface area contributed by atoms with Gasteiger partial charge in [0.05, 0.1) is 0 Å².